The molecule has 0 spiro atoms. The fraction of sp³-hybridized carbons (Fsp3) is 0. The van der Waals surface area contributed by atoms with Crippen molar-refractivity contribution >= 4 is 34.9 Å². The first kappa shape index (κ1) is 14.8. The molecule has 0 radical (unpaired) electrons. The molecule has 5 nitrogen and oxygen atoms in total. The number of halogens is 2. The molecular weight excluding hydrogens is 299 g/mol. The van der Waals surface area contributed by atoms with Gasteiger partial charge in [-0.25, -0.2) is 9.18 Å². The Morgan fingerprint density at radius 2 is 1.81 bits per heavy atom. The summed E-state index contributed by atoms with van der Waals surface area (Å²) >= 11 is 5.89. The van der Waals surface area contributed by atoms with E-state index in [-0.39, 0.29) is 27.5 Å². The minimum atomic E-state index is -1.15. The third-order valence-electron chi connectivity index (χ3n) is 2.72. The number of carboxylic acids is 1. The van der Waals surface area contributed by atoms with Crippen molar-refractivity contribution in [2.24, 2.45) is 0 Å². The smallest absolute Gasteiger partial charge is 0.335 e. The number of carbonyl (C=O) groups is 2. The van der Waals surface area contributed by atoms with Crippen LogP contribution in [0.4, 0.5) is 15.8 Å². The van der Waals surface area contributed by atoms with Gasteiger partial charge in [0.25, 0.3) is 5.91 Å². The van der Waals surface area contributed by atoms with E-state index in [0.717, 1.165) is 6.07 Å². The van der Waals surface area contributed by atoms with Crippen LogP contribution in [0.2, 0.25) is 5.02 Å². The van der Waals surface area contributed by atoms with Crippen molar-refractivity contribution < 1.29 is 19.1 Å². The lowest BCUT2D eigenvalue weighted by molar-refractivity contribution is 0.0696. The number of amides is 1. The number of nitrogens with one attached hydrogen (secondary N) is 1. The van der Waals surface area contributed by atoms with Gasteiger partial charge in [-0.15, -0.1) is 0 Å². The quantitative estimate of drug-likeness (QED) is 0.760. The van der Waals surface area contributed by atoms with E-state index in [1.54, 1.807) is 0 Å². The molecule has 0 heterocycles. The molecule has 0 saturated carbocycles. The van der Waals surface area contributed by atoms with Crippen molar-refractivity contribution in [2.45, 2.75) is 0 Å². The second-order valence-electron chi connectivity index (χ2n) is 4.19. The van der Waals surface area contributed by atoms with Crippen molar-refractivity contribution in [2.75, 3.05) is 11.1 Å². The van der Waals surface area contributed by atoms with Crippen LogP contribution >= 0.6 is 11.6 Å². The zero-order valence-electron chi connectivity index (χ0n) is 10.6. The zero-order chi connectivity index (χ0) is 15.6. The first-order chi connectivity index (χ1) is 9.88. The number of hydrogen-bond acceptors (Lipinski definition) is 3. The molecule has 2 aromatic carbocycles. The SMILES string of the molecule is Nc1ccc(C(=O)Nc2cc(C(=O)O)ccc2Cl)cc1F. The predicted octanol–water partition coefficient (Wildman–Crippen LogP) is 3.01. The summed E-state index contributed by atoms with van der Waals surface area (Å²) in [6.07, 6.45) is 0. The van der Waals surface area contributed by atoms with E-state index in [0.29, 0.717) is 0 Å². The van der Waals surface area contributed by atoms with Gasteiger partial charge in [0.1, 0.15) is 5.82 Å². The molecule has 2 aromatic rings. The van der Waals surface area contributed by atoms with E-state index in [1.807, 2.05) is 0 Å². The molecule has 108 valence electrons. The minimum Gasteiger partial charge on any atom is -0.478 e. The lowest BCUT2D eigenvalue weighted by atomic mass is 10.1. The maximum Gasteiger partial charge on any atom is 0.335 e. The molecule has 0 aliphatic heterocycles. The molecule has 7 heteroatoms. The highest BCUT2D eigenvalue weighted by atomic mass is 35.5. The van der Waals surface area contributed by atoms with Gasteiger partial charge in [0.15, 0.2) is 0 Å². The lowest BCUT2D eigenvalue weighted by Crippen LogP contribution is -2.13. The van der Waals surface area contributed by atoms with Crippen molar-refractivity contribution in [3.8, 4) is 0 Å². The molecule has 0 bridgehead atoms. The Morgan fingerprint density at radius 3 is 2.43 bits per heavy atom. The first-order valence-corrected chi connectivity index (χ1v) is 6.15. The number of carbonyl (C=O) groups excluding carboxylic acids is 1. The fourth-order valence-electron chi connectivity index (χ4n) is 1.62. The minimum absolute atomic E-state index is 0.0295. The predicted molar refractivity (Wildman–Crippen MR) is 77.2 cm³/mol. The third kappa shape index (κ3) is 3.29. The summed E-state index contributed by atoms with van der Waals surface area (Å²) in [5.41, 5.74) is 5.39. The molecule has 0 atom stereocenters. The van der Waals surface area contributed by atoms with Crippen LogP contribution in [0.15, 0.2) is 36.4 Å². The topological polar surface area (TPSA) is 92.4 Å². The summed E-state index contributed by atoms with van der Waals surface area (Å²) in [5, 5.41) is 11.5. The molecule has 0 fully saturated rings. The summed E-state index contributed by atoms with van der Waals surface area (Å²) in [5.74, 6) is -2.49. The van der Waals surface area contributed by atoms with Crippen molar-refractivity contribution in [3.05, 3.63) is 58.4 Å². The molecular formula is C14H10ClFN2O3. The normalized spacial score (nSPS) is 10.2. The van der Waals surface area contributed by atoms with Gasteiger partial charge in [-0.3, -0.25) is 4.79 Å². The molecule has 0 unspecified atom stereocenters. The molecule has 2 rings (SSSR count). The largest absolute Gasteiger partial charge is 0.478 e. The van der Waals surface area contributed by atoms with Crippen molar-refractivity contribution in [1.29, 1.82) is 0 Å². The van der Waals surface area contributed by atoms with Crippen molar-refractivity contribution in [3.63, 3.8) is 0 Å². The first-order valence-electron chi connectivity index (χ1n) is 5.77. The van der Waals surface area contributed by atoms with Crippen LogP contribution in [0.1, 0.15) is 20.7 Å². The van der Waals surface area contributed by atoms with E-state index < -0.39 is 17.7 Å². The second kappa shape index (κ2) is 5.80. The summed E-state index contributed by atoms with van der Waals surface area (Å²) in [6, 6.07) is 7.48. The Morgan fingerprint density at radius 1 is 1.14 bits per heavy atom. The Kier molecular flexibility index (Phi) is 4.09. The molecule has 0 aromatic heterocycles. The maximum atomic E-state index is 13.3. The monoisotopic (exact) mass is 308 g/mol. The molecule has 4 N–H and O–H groups in total. The van der Waals surface area contributed by atoms with Crippen LogP contribution in [0.3, 0.4) is 0 Å². The second-order valence-corrected chi connectivity index (χ2v) is 4.60. The van der Waals surface area contributed by atoms with E-state index in [2.05, 4.69) is 5.32 Å². The van der Waals surface area contributed by atoms with E-state index in [1.165, 1.54) is 30.3 Å². The number of hydrogen-bond donors (Lipinski definition) is 3. The zero-order valence-corrected chi connectivity index (χ0v) is 11.3. The van der Waals surface area contributed by atoms with E-state index in [9.17, 15) is 14.0 Å². The molecule has 1 amide bonds. The van der Waals surface area contributed by atoms with Gasteiger partial charge < -0.3 is 16.2 Å². The van der Waals surface area contributed by atoms with Crippen LogP contribution in [-0.4, -0.2) is 17.0 Å². The highest BCUT2D eigenvalue weighted by Crippen LogP contribution is 2.24. The fourth-order valence-corrected chi connectivity index (χ4v) is 1.78. The number of rotatable bonds is 3. The third-order valence-corrected chi connectivity index (χ3v) is 3.05. The van der Waals surface area contributed by atoms with Gasteiger partial charge in [0.2, 0.25) is 0 Å². The number of carboxylic acid groups (broad SMARTS) is 1. The Bertz CT molecular complexity index is 734. The van der Waals surface area contributed by atoms with Crippen LogP contribution < -0.4 is 11.1 Å². The molecule has 0 aliphatic rings. The number of benzene rings is 2. The van der Waals surface area contributed by atoms with Crippen LogP contribution in [0.25, 0.3) is 0 Å². The van der Waals surface area contributed by atoms with Gasteiger partial charge in [-0.2, -0.15) is 0 Å². The van der Waals surface area contributed by atoms with Gasteiger partial charge in [0.05, 0.1) is 22.0 Å². The van der Waals surface area contributed by atoms with Crippen molar-refractivity contribution in [1.82, 2.24) is 0 Å². The summed E-state index contributed by atoms with van der Waals surface area (Å²) in [4.78, 5) is 22.9. The highest BCUT2D eigenvalue weighted by Gasteiger charge is 2.12. The standard InChI is InChI=1S/C14H10ClFN2O3/c15-9-3-1-8(14(20)21)6-12(9)18-13(19)7-2-4-11(17)10(16)5-7/h1-6H,17H2,(H,18,19)(H,20,21). The Balaban J connectivity index is 2.28. The molecule has 0 saturated heterocycles. The highest BCUT2D eigenvalue weighted by molar-refractivity contribution is 6.34. The summed E-state index contributed by atoms with van der Waals surface area (Å²) < 4.78 is 13.3. The molecule has 0 aliphatic carbocycles. The van der Waals surface area contributed by atoms with Gasteiger partial charge in [-0.1, -0.05) is 11.6 Å². The van der Waals surface area contributed by atoms with E-state index >= 15 is 0 Å². The number of nitrogens with two attached hydrogens (primary N) is 1. The summed E-state index contributed by atoms with van der Waals surface area (Å²) in [6.45, 7) is 0. The number of anilines is 2. The van der Waals surface area contributed by atoms with Gasteiger partial charge in [-0.05, 0) is 36.4 Å². The number of aromatic carboxylic acids is 1. The van der Waals surface area contributed by atoms with Gasteiger partial charge in [0, 0.05) is 5.56 Å². The van der Waals surface area contributed by atoms with E-state index in [4.69, 9.17) is 22.4 Å². The van der Waals surface area contributed by atoms with Crippen LogP contribution in [0, 0.1) is 5.82 Å². The lowest BCUT2D eigenvalue weighted by Gasteiger charge is -2.09. The Hall–Kier alpha value is -2.60. The van der Waals surface area contributed by atoms with Crippen LogP contribution in [0.5, 0.6) is 0 Å². The average molecular weight is 309 g/mol. The average Bonchev–Trinajstić information content (AvgIpc) is 2.43. The van der Waals surface area contributed by atoms with Gasteiger partial charge >= 0.3 is 5.97 Å². The number of nitrogen functional groups attached to an aromatic ring is 1. The van der Waals surface area contributed by atoms with Crippen LogP contribution in [-0.2, 0) is 0 Å². The maximum absolute atomic E-state index is 13.3. The Labute approximate surface area is 124 Å². The molecule has 21 heavy (non-hydrogen) atoms. The summed E-state index contributed by atoms with van der Waals surface area (Å²) in [7, 11) is 0.